The summed E-state index contributed by atoms with van der Waals surface area (Å²) in [6, 6.07) is 23.2. The number of ketones is 1. The molecule has 0 amide bonds. The molecular formula is C31H30IrNO2-. The van der Waals surface area contributed by atoms with Gasteiger partial charge in [0, 0.05) is 37.8 Å². The molecule has 0 bridgehead atoms. The van der Waals surface area contributed by atoms with Crippen LogP contribution in [0.25, 0.3) is 33.2 Å². The van der Waals surface area contributed by atoms with E-state index in [9.17, 15) is 4.79 Å². The van der Waals surface area contributed by atoms with Gasteiger partial charge in [-0.3, -0.25) is 4.79 Å². The second-order valence-corrected chi connectivity index (χ2v) is 9.53. The van der Waals surface area contributed by atoms with Crippen molar-refractivity contribution in [2.24, 2.45) is 0 Å². The summed E-state index contributed by atoms with van der Waals surface area (Å²) in [6.45, 7) is 11.8. The van der Waals surface area contributed by atoms with Crippen LogP contribution in [0.4, 0.5) is 0 Å². The van der Waals surface area contributed by atoms with Crippen molar-refractivity contribution >= 4 is 16.6 Å². The number of benzene rings is 3. The molecule has 0 saturated heterocycles. The van der Waals surface area contributed by atoms with Crippen LogP contribution in [0, 0.1) is 19.9 Å². The molecule has 0 spiro atoms. The average Bonchev–Trinajstić information content (AvgIpc) is 3.02. The van der Waals surface area contributed by atoms with Crippen molar-refractivity contribution in [3.05, 3.63) is 101 Å². The minimum atomic E-state index is -0.125. The van der Waals surface area contributed by atoms with Gasteiger partial charge in [0.05, 0.1) is 5.76 Å². The number of allylic oxidation sites excluding steroid dienone is 2. The average molecular weight is 641 g/mol. The third kappa shape index (κ3) is 5.00. The Hall–Kier alpha value is -3.07. The molecular weight excluding hydrogens is 611 g/mol. The number of carbonyl (C=O) groups is 1. The normalized spacial score (nSPS) is 13.3. The van der Waals surface area contributed by atoms with E-state index in [4.69, 9.17) is 10.1 Å². The molecule has 1 aromatic heterocycles. The molecule has 4 heteroatoms. The van der Waals surface area contributed by atoms with Crippen molar-refractivity contribution in [1.29, 1.82) is 0 Å². The van der Waals surface area contributed by atoms with Crippen LogP contribution in [0.15, 0.2) is 72.6 Å². The number of hydrogen-bond donors (Lipinski definition) is 1. The van der Waals surface area contributed by atoms with E-state index in [0.29, 0.717) is 0 Å². The molecule has 0 saturated carbocycles. The van der Waals surface area contributed by atoms with Crippen LogP contribution >= 0.6 is 0 Å². The van der Waals surface area contributed by atoms with Gasteiger partial charge in [-0.15, -0.1) is 34.9 Å². The Kier molecular flexibility index (Phi) is 7.79. The second kappa shape index (κ2) is 10.3. The molecule has 0 fully saturated rings. The Morgan fingerprint density at radius 1 is 1.03 bits per heavy atom. The molecule has 0 unspecified atom stereocenters. The third-order valence-corrected chi connectivity index (χ3v) is 6.54. The van der Waals surface area contributed by atoms with Crippen molar-refractivity contribution in [3.63, 3.8) is 0 Å². The Morgan fingerprint density at radius 3 is 2.37 bits per heavy atom. The van der Waals surface area contributed by atoms with E-state index >= 15 is 0 Å². The van der Waals surface area contributed by atoms with Gasteiger partial charge in [-0.1, -0.05) is 64.1 Å². The van der Waals surface area contributed by atoms with Gasteiger partial charge < -0.3 is 10.1 Å². The van der Waals surface area contributed by atoms with E-state index < -0.39 is 0 Å². The summed E-state index contributed by atoms with van der Waals surface area (Å²) in [6.07, 6.45) is 3.12. The molecule has 35 heavy (non-hydrogen) atoms. The largest absolute Gasteiger partial charge is 0.512 e. The zero-order valence-corrected chi connectivity index (χ0v) is 23.4. The molecule has 1 radical (unpaired) electrons. The van der Waals surface area contributed by atoms with Gasteiger partial charge in [-0.2, -0.15) is 0 Å². The minimum absolute atomic E-state index is 0. The number of aromatic nitrogens is 1. The SMILES string of the molecule is CC(=O)/C=C(/C)O.Cc1c[c-]c(-c2nccc3c2C(C)(C)c2ccc4ccccc4c2-3)cc1C.[Ir]. The molecule has 4 aromatic rings. The van der Waals surface area contributed by atoms with E-state index in [1.807, 2.05) is 6.20 Å². The van der Waals surface area contributed by atoms with Crippen molar-refractivity contribution in [2.75, 3.05) is 0 Å². The molecule has 3 nitrogen and oxygen atoms in total. The number of hydrogen-bond acceptors (Lipinski definition) is 3. The van der Waals surface area contributed by atoms with E-state index in [1.54, 1.807) is 0 Å². The standard InChI is InChI=1S/C26H22N.C5H8O2.Ir/c1-16-9-10-19(15-17(16)2)25-24-21(13-14-27-25)23-20-8-6-5-7-18(20)11-12-22(23)26(24,3)4;1-4(6)3-5(2)7;/h5-9,11-15H,1-4H3;3,6H,1-2H3;/q-1;;/b;4-3-;. The molecule has 0 aliphatic heterocycles. The molecule has 181 valence electrons. The summed E-state index contributed by atoms with van der Waals surface area (Å²) >= 11 is 0. The van der Waals surface area contributed by atoms with E-state index in [2.05, 4.69) is 88.4 Å². The molecule has 1 heterocycles. The van der Waals surface area contributed by atoms with E-state index in [-0.39, 0.29) is 37.1 Å². The van der Waals surface area contributed by atoms with Crippen LogP contribution in [0.3, 0.4) is 0 Å². The fourth-order valence-electron chi connectivity index (χ4n) is 4.83. The molecule has 1 aliphatic carbocycles. The first-order chi connectivity index (χ1) is 16.1. The summed E-state index contributed by atoms with van der Waals surface area (Å²) < 4.78 is 0. The van der Waals surface area contributed by atoms with Gasteiger partial charge in [0.15, 0.2) is 5.78 Å². The third-order valence-electron chi connectivity index (χ3n) is 6.54. The van der Waals surface area contributed by atoms with Crippen LogP contribution in [-0.4, -0.2) is 15.9 Å². The number of carbonyl (C=O) groups excluding carboxylic acids is 1. The van der Waals surface area contributed by atoms with Gasteiger partial charge >= 0.3 is 0 Å². The molecule has 0 atom stereocenters. The van der Waals surface area contributed by atoms with Gasteiger partial charge in [0.1, 0.15) is 0 Å². The molecule has 1 N–H and O–H groups in total. The van der Waals surface area contributed by atoms with Gasteiger partial charge in [-0.25, -0.2) is 0 Å². The Labute approximate surface area is 221 Å². The Bertz CT molecular complexity index is 1450. The molecule has 3 aromatic carbocycles. The van der Waals surface area contributed by atoms with Crippen molar-refractivity contribution in [1.82, 2.24) is 4.98 Å². The smallest absolute Gasteiger partial charge is 0.155 e. The fraction of sp³-hybridized carbons (Fsp3) is 0.226. The maximum absolute atomic E-state index is 10.0. The van der Waals surface area contributed by atoms with E-state index in [0.717, 1.165) is 11.3 Å². The van der Waals surface area contributed by atoms with Gasteiger partial charge in [0.25, 0.3) is 0 Å². The van der Waals surface area contributed by atoms with Crippen LogP contribution in [-0.2, 0) is 30.3 Å². The Morgan fingerprint density at radius 2 is 1.74 bits per heavy atom. The number of rotatable bonds is 2. The number of pyridine rings is 1. The first-order valence-corrected chi connectivity index (χ1v) is 11.5. The van der Waals surface area contributed by atoms with Crippen LogP contribution in [0.5, 0.6) is 0 Å². The Balaban J connectivity index is 0.000000378. The number of fused-ring (bicyclic) bond motifs is 5. The van der Waals surface area contributed by atoms with Crippen LogP contribution in [0.1, 0.15) is 49.9 Å². The number of aryl methyl sites for hydroxylation is 2. The molecule has 1 aliphatic rings. The predicted molar refractivity (Wildman–Crippen MR) is 140 cm³/mol. The summed E-state index contributed by atoms with van der Waals surface area (Å²) in [5.74, 6) is -0.0625. The van der Waals surface area contributed by atoms with Crippen LogP contribution in [0.2, 0.25) is 0 Å². The first-order valence-electron chi connectivity index (χ1n) is 11.5. The summed E-state index contributed by atoms with van der Waals surface area (Å²) in [5.41, 5.74) is 9.96. The van der Waals surface area contributed by atoms with Crippen molar-refractivity contribution in [2.45, 2.75) is 47.0 Å². The van der Waals surface area contributed by atoms with Crippen molar-refractivity contribution in [3.8, 4) is 22.4 Å². The number of aliphatic hydroxyl groups is 1. The molecule has 5 rings (SSSR count). The number of aliphatic hydroxyl groups excluding tert-OH is 1. The predicted octanol–water partition coefficient (Wildman–Crippen LogP) is 7.66. The van der Waals surface area contributed by atoms with Crippen molar-refractivity contribution < 1.29 is 30.0 Å². The minimum Gasteiger partial charge on any atom is -0.512 e. The zero-order valence-electron chi connectivity index (χ0n) is 21.0. The zero-order chi connectivity index (χ0) is 24.6. The maximum Gasteiger partial charge on any atom is 0.155 e. The second-order valence-electron chi connectivity index (χ2n) is 9.53. The van der Waals surface area contributed by atoms with Gasteiger partial charge in [-0.05, 0) is 58.6 Å². The number of nitrogens with zero attached hydrogens (tertiary/aromatic N) is 1. The maximum atomic E-state index is 10.0. The summed E-state index contributed by atoms with van der Waals surface area (Å²) in [7, 11) is 0. The topological polar surface area (TPSA) is 50.2 Å². The first kappa shape index (κ1) is 26.5. The summed E-state index contributed by atoms with van der Waals surface area (Å²) in [4.78, 5) is 14.8. The summed E-state index contributed by atoms with van der Waals surface area (Å²) in [5, 5.41) is 11.0. The van der Waals surface area contributed by atoms with Crippen LogP contribution < -0.4 is 0 Å². The fourth-order valence-corrected chi connectivity index (χ4v) is 4.83. The monoisotopic (exact) mass is 641 g/mol. The van der Waals surface area contributed by atoms with E-state index in [1.165, 1.54) is 64.1 Å². The quantitative estimate of drug-likeness (QED) is 0.139. The van der Waals surface area contributed by atoms with Gasteiger partial charge in [0.2, 0.25) is 0 Å².